The second-order valence-corrected chi connectivity index (χ2v) is 9.42. The molecule has 0 saturated heterocycles. The van der Waals surface area contributed by atoms with Gasteiger partial charge in [0.25, 0.3) is 5.91 Å². The summed E-state index contributed by atoms with van der Waals surface area (Å²) in [4.78, 5) is 12.4. The van der Waals surface area contributed by atoms with Gasteiger partial charge in [-0.25, -0.2) is 12.8 Å². The summed E-state index contributed by atoms with van der Waals surface area (Å²) in [6.07, 6.45) is 2.02. The zero-order valence-corrected chi connectivity index (χ0v) is 19.4. The third kappa shape index (κ3) is 6.79. The molecule has 0 aliphatic carbocycles. The van der Waals surface area contributed by atoms with Crippen molar-refractivity contribution in [3.05, 3.63) is 95.3 Å². The quantitative estimate of drug-likeness (QED) is 0.452. The maximum Gasteiger partial charge on any atom is 0.251 e. The number of sulfonamides is 1. The van der Waals surface area contributed by atoms with Gasteiger partial charge in [0.2, 0.25) is 10.0 Å². The number of rotatable bonds is 10. The maximum atomic E-state index is 14.0. The fourth-order valence-electron chi connectivity index (χ4n) is 3.22. The Labute approximate surface area is 194 Å². The number of hydrogen-bond acceptors (Lipinski definition) is 4. The summed E-state index contributed by atoms with van der Waals surface area (Å²) in [6, 6.07) is 19.9. The van der Waals surface area contributed by atoms with E-state index in [1.165, 1.54) is 42.0 Å². The summed E-state index contributed by atoms with van der Waals surface area (Å²) in [5.41, 5.74) is 2.21. The fourth-order valence-corrected chi connectivity index (χ4v) is 4.10. The minimum atomic E-state index is -3.66. The molecule has 0 fully saturated rings. The highest BCUT2D eigenvalue weighted by Gasteiger charge is 2.20. The molecule has 0 radical (unpaired) electrons. The van der Waals surface area contributed by atoms with E-state index < -0.39 is 15.8 Å². The lowest BCUT2D eigenvalue weighted by Crippen LogP contribution is -2.30. The molecular weight excluding hydrogens is 443 g/mol. The monoisotopic (exact) mass is 470 g/mol. The van der Waals surface area contributed by atoms with E-state index in [4.69, 9.17) is 4.74 Å². The maximum absolute atomic E-state index is 14.0. The van der Waals surface area contributed by atoms with Crippen LogP contribution >= 0.6 is 0 Å². The first-order valence-electron chi connectivity index (χ1n) is 10.6. The Kier molecular flexibility index (Phi) is 8.06. The number of carbonyl (C=O) groups excluding carboxylic acids is 1. The fraction of sp³-hybridized carbons (Fsp3) is 0.240. The van der Waals surface area contributed by atoms with Gasteiger partial charge in [-0.3, -0.25) is 9.10 Å². The van der Waals surface area contributed by atoms with Crippen LogP contribution in [0.25, 0.3) is 0 Å². The van der Waals surface area contributed by atoms with Gasteiger partial charge < -0.3 is 10.1 Å². The van der Waals surface area contributed by atoms with E-state index in [1.54, 1.807) is 12.1 Å². The van der Waals surface area contributed by atoms with Gasteiger partial charge in [0.1, 0.15) is 18.2 Å². The minimum Gasteiger partial charge on any atom is -0.492 e. The van der Waals surface area contributed by atoms with Crippen LogP contribution in [0.2, 0.25) is 0 Å². The van der Waals surface area contributed by atoms with E-state index in [2.05, 4.69) is 12.2 Å². The second-order valence-electron chi connectivity index (χ2n) is 7.51. The van der Waals surface area contributed by atoms with Gasteiger partial charge in [-0.05, 0) is 54.4 Å². The number of ether oxygens (including phenoxy) is 1. The Morgan fingerprint density at radius 1 is 1.00 bits per heavy atom. The van der Waals surface area contributed by atoms with Crippen LogP contribution in [0.5, 0.6) is 5.75 Å². The number of benzene rings is 3. The molecule has 0 bridgehead atoms. The largest absolute Gasteiger partial charge is 0.492 e. The minimum absolute atomic E-state index is 0.145. The molecule has 0 aliphatic rings. The molecule has 0 saturated carbocycles. The van der Waals surface area contributed by atoms with Gasteiger partial charge in [-0.15, -0.1) is 0 Å². The summed E-state index contributed by atoms with van der Waals surface area (Å²) < 4.78 is 45.4. The van der Waals surface area contributed by atoms with E-state index in [1.807, 2.05) is 24.3 Å². The van der Waals surface area contributed by atoms with Gasteiger partial charge in [0, 0.05) is 11.1 Å². The van der Waals surface area contributed by atoms with Crippen molar-refractivity contribution in [3.8, 4) is 5.75 Å². The molecule has 0 spiro atoms. The molecule has 8 heteroatoms. The third-order valence-corrected chi connectivity index (χ3v) is 6.22. The highest BCUT2D eigenvalue weighted by atomic mass is 32.2. The molecule has 1 N–H and O–H groups in total. The Morgan fingerprint density at radius 3 is 2.27 bits per heavy atom. The molecule has 33 heavy (non-hydrogen) atoms. The molecule has 0 unspecified atom stereocenters. The van der Waals surface area contributed by atoms with Crippen LogP contribution in [0.15, 0.2) is 72.8 Å². The molecule has 3 aromatic rings. The van der Waals surface area contributed by atoms with Crippen molar-refractivity contribution in [1.29, 1.82) is 0 Å². The van der Waals surface area contributed by atoms with Crippen LogP contribution in [0.4, 0.5) is 10.1 Å². The number of anilines is 1. The molecule has 0 heterocycles. The van der Waals surface area contributed by atoms with E-state index in [0.29, 0.717) is 24.4 Å². The van der Waals surface area contributed by atoms with Gasteiger partial charge in [-0.1, -0.05) is 37.3 Å². The summed E-state index contributed by atoms with van der Waals surface area (Å²) in [5, 5.41) is 2.77. The Bertz CT molecular complexity index is 1180. The second kappa shape index (κ2) is 11.0. The first kappa shape index (κ1) is 24.3. The average molecular weight is 471 g/mol. The van der Waals surface area contributed by atoms with Crippen molar-refractivity contribution in [2.45, 2.75) is 19.9 Å². The molecule has 1 amide bonds. The molecule has 174 valence electrons. The van der Waals surface area contributed by atoms with Crippen LogP contribution in [-0.4, -0.2) is 33.7 Å². The highest BCUT2D eigenvalue weighted by Crippen LogP contribution is 2.22. The van der Waals surface area contributed by atoms with Crippen LogP contribution in [0.1, 0.15) is 28.4 Å². The van der Waals surface area contributed by atoms with Gasteiger partial charge in [0.15, 0.2) is 0 Å². The first-order chi connectivity index (χ1) is 15.8. The topological polar surface area (TPSA) is 75.7 Å². The van der Waals surface area contributed by atoms with Gasteiger partial charge in [-0.2, -0.15) is 0 Å². The predicted octanol–water partition coefficient (Wildman–Crippen LogP) is 4.16. The van der Waals surface area contributed by atoms with Crippen LogP contribution in [-0.2, 0) is 23.0 Å². The SMILES string of the molecule is CCc1ccc(OCCNC(=O)c2ccc(N(Cc3ccccc3F)S(C)(=O)=O)cc2)cc1. The van der Waals surface area contributed by atoms with Crippen molar-refractivity contribution in [1.82, 2.24) is 5.32 Å². The zero-order chi connectivity index (χ0) is 23.8. The number of aryl methyl sites for hydroxylation is 1. The van der Waals surface area contributed by atoms with Crippen molar-refractivity contribution in [2.24, 2.45) is 0 Å². The number of halogens is 1. The van der Waals surface area contributed by atoms with Crippen molar-refractivity contribution < 1.29 is 22.3 Å². The summed E-state index contributed by atoms with van der Waals surface area (Å²) >= 11 is 0. The molecule has 0 aromatic heterocycles. The van der Waals surface area contributed by atoms with Crippen LogP contribution < -0.4 is 14.4 Å². The Morgan fingerprint density at radius 2 is 1.67 bits per heavy atom. The molecule has 6 nitrogen and oxygen atoms in total. The standard InChI is InChI=1S/C25H27FN2O4S/c1-3-19-8-14-23(15-9-19)32-17-16-27-25(29)20-10-12-22(13-11-20)28(33(2,30)31)18-21-6-4-5-7-24(21)26/h4-15H,3,16-18H2,1-2H3,(H,27,29). The number of nitrogens with zero attached hydrogens (tertiary/aromatic N) is 1. The Balaban J connectivity index is 1.59. The van der Waals surface area contributed by atoms with Crippen molar-refractivity contribution in [3.63, 3.8) is 0 Å². The zero-order valence-electron chi connectivity index (χ0n) is 18.6. The van der Waals surface area contributed by atoms with Gasteiger partial charge >= 0.3 is 0 Å². The number of carbonyl (C=O) groups is 1. The number of hydrogen-bond donors (Lipinski definition) is 1. The van der Waals surface area contributed by atoms with Crippen molar-refractivity contribution >= 4 is 21.6 Å². The van der Waals surface area contributed by atoms with E-state index in [-0.39, 0.29) is 18.0 Å². The lowest BCUT2D eigenvalue weighted by Gasteiger charge is -2.23. The number of nitrogens with one attached hydrogen (secondary N) is 1. The van der Waals surface area contributed by atoms with E-state index >= 15 is 0 Å². The van der Waals surface area contributed by atoms with Crippen LogP contribution in [0, 0.1) is 5.82 Å². The summed E-state index contributed by atoms with van der Waals surface area (Å²) in [7, 11) is -3.66. The summed E-state index contributed by atoms with van der Waals surface area (Å²) in [6.45, 7) is 2.58. The molecule has 0 aliphatic heterocycles. The molecule has 3 aromatic carbocycles. The predicted molar refractivity (Wildman–Crippen MR) is 128 cm³/mol. The van der Waals surface area contributed by atoms with Crippen LogP contribution in [0.3, 0.4) is 0 Å². The molecule has 0 atom stereocenters. The molecule has 3 rings (SSSR count). The summed E-state index contributed by atoms with van der Waals surface area (Å²) in [5.74, 6) is -0.0429. The van der Waals surface area contributed by atoms with E-state index in [0.717, 1.165) is 22.7 Å². The number of amides is 1. The third-order valence-electron chi connectivity index (χ3n) is 5.08. The smallest absolute Gasteiger partial charge is 0.251 e. The van der Waals surface area contributed by atoms with Crippen molar-refractivity contribution in [2.75, 3.05) is 23.7 Å². The van der Waals surface area contributed by atoms with E-state index in [9.17, 15) is 17.6 Å². The normalized spacial score (nSPS) is 11.1. The molecular formula is C25H27FN2O4S. The first-order valence-corrected chi connectivity index (χ1v) is 12.4. The lowest BCUT2D eigenvalue weighted by atomic mass is 10.1. The van der Waals surface area contributed by atoms with Gasteiger partial charge in [0.05, 0.1) is 25.0 Å². The highest BCUT2D eigenvalue weighted by molar-refractivity contribution is 7.92. The lowest BCUT2D eigenvalue weighted by molar-refractivity contribution is 0.0947. The average Bonchev–Trinajstić information content (AvgIpc) is 2.81. The Hall–Kier alpha value is -3.39.